The van der Waals surface area contributed by atoms with E-state index in [1.807, 2.05) is 6.07 Å². The molecule has 0 bridgehead atoms. The standard InChI is InChI=1S/C10H9FN2O/c11-10-4-2-9(3-5-10)8-14-13-7-1-6-12/h2-5,7H,1,8H2. The maximum absolute atomic E-state index is 12.5. The molecule has 14 heavy (non-hydrogen) atoms. The first-order valence-corrected chi connectivity index (χ1v) is 4.08. The first-order valence-electron chi connectivity index (χ1n) is 4.08. The molecule has 0 amide bonds. The second kappa shape index (κ2) is 5.70. The Kier molecular flexibility index (Phi) is 4.15. The van der Waals surface area contributed by atoms with Crippen LogP contribution in [0.1, 0.15) is 12.0 Å². The molecule has 0 saturated carbocycles. The molecular weight excluding hydrogens is 183 g/mol. The van der Waals surface area contributed by atoms with E-state index in [4.69, 9.17) is 10.1 Å². The van der Waals surface area contributed by atoms with Gasteiger partial charge in [-0.15, -0.1) is 0 Å². The predicted molar refractivity (Wildman–Crippen MR) is 49.9 cm³/mol. The first kappa shape index (κ1) is 10.2. The van der Waals surface area contributed by atoms with Gasteiger partial charge in [-0.25, -0.2) is 4.39 Å². The number of hydrogen-bond acceptors (Lipinski definition) is 3. The van der Waals surface area contributed by atoms with Crippen molar-refractivity contribution in [3.63, 3.8) is 0 Å². The molecule has 0 spiro atoms. The minimum atomic E-state index is -0.276. The fourth-order valence-corrected chi connectivity index (χ4v) is 0.823. The SMILES string of the molecule is N#CCC=NOCc1ccc(F)cc1. The van der Waals surface area contributed by atoms with Gasteiger partial charge >= 0.3 is 0 Å². The smallest absolute Gasteiger partial charge is 0.142 e. The molecule has 4 heteroatoms. The molecule has 0 aliphatic heterocycles. The van der Waals surface area contributed by atoms with Gasteiger partial charge in [0.2, 0.25) is 0 Å². The molecule has 0 fully saturated rings. The number of rotatable bonds is 4. The highest BCUT2D eigenvalue weighted by atomic mass is 19.1. The molecule has 0 unspecified atom stereocenters. The predicted octanol–water partition coefficient (Wildman–Crippen LogP) is 2.24. The molecule has 0 atom stereocenters. The zero-order chi connectivity index (χ0) is 10.2. The zero-order valence-corrected chi connectivity index (χ0v) is 7.48. The van der Waals surface area contributed by atoms with E-state index in [-0.39, 0.29) is 18.8 Å². The summed E-state index contributed by atoms with van der Waals surface area (Å²) in [6, 6.07) is 7.85. The van der Waals surface area contributed by atoms with Crippen LogP contribution in [0.25, 0.3) is 0 Å². The topological polar surface area (TPSA) is 45.4 Å². The second-order valence-corrected chi connectivity index (χ2v) is 2.55. The summed E-state index contributed by atoms with van der Waals surface area (Å²) in [4.78, 5) is 4.86. The van der Waals surface area contributed by atoms with E-state index in [0.29, 0.717) is 0 Å². The fraction of sp³-hybridized carbons (Fsp3) is 0.200. The molecule has 0 N–H and O–H groups in total. The minimum absolute atomic E-state index is 0.226. The van der Waals surface area contributed by atoms with Crippen molar-refractivity contribution in [2.24, 2.45) is 5.16 Å². The van der Waals surface area contributed by atoms with Gasteiger partial charge in [-0.2, -0.15) is 5.26 Å². The lowest BCUT2D eigenvalue weighted by Gasteiger charge is -1.98. The van der Waals surface area contributed by atoms with Gasteiger partial charge in [0.15, 0.2) is 0 Å². The molecular formula is C10H9FN2O. The Labute approximate surface area is 81.4 Å². The van der Waals surface area contributed by atoms with Gasteiger partial charge < -0.3 is 4.84 Å². The van der Waals surface area contributed by atoms with Crippen LogP contribution in [0.3, 0.4) is 0 Å². The van der Waals surface area contributed by atoms with E-state index in [1.165, 1.54) is 18.3 Å². The Balaban J connectivity index is 2.32. The highest BCUT2D eigenvalue weighted by Gasteiger charge is 1.92. The van der Waals surface area contributed by atoms with Crippen LogP contribution in [-0.4, -0.2) is 6.21 Å². The number of oxime groups is 1. The summed E-state index contributed by atoms with van der Waals surface area (Å²) in [5.41, 5.74) is 0.834. The lowest BCUT2D eigenvalue weighted by molar-refractivity contribution is 0.131. The summed E-state index contributed by atoms with van der Waals surface area (Å²) in [5.74, 6) is -0.276. The summed E-state index contributed by atoms with van der Waals surface area (Å²) in [7, 11) is 0. The van der Waals surface area contributed by atoms with Crippen molar-refractivity contribution < 1.29 is 9.23 Å². The van der Waals surface area contributed by atoms with Gasteiger partial charge in [-0.3, -0.25) is 0 Å². The van der Waals surface area contributed by atoms with Gasteiger partial charge in [-0.1, -0.05) is 17.3 Å². The third-order valence-corrected chi connectivity index (χ3v) is 1.48. The molecule has 3 nitrogen and oxygen atoms in total. The number of hydrogen-bond donors (Lipinski definition) is 0. The first-order chi connectivity index (χ1) is 6.83. The van der Waals surface area contributed by atoms with Crippen LogP contribution in [0.5, 0.6) is 0 Å². The number of nitrogens with zero attached hydrogens (tertiary/aromatic N) is 2. The number of benzene rings is 1. The van der Waals surface area contributed by atoms with Crippen molar-refractivity contribution in [2.75, 3.05) is 0 Å². The van der Waals surface area contributed by atoms with Crippen LogP contribution in [0.2, 0.25) is 0 Å². The third-order valence-electron chi connectivity index (χ3n) is 1.48. The van der Waals surface area contributed by atoms with Gasteiger partial charge in [0.25, 0.3) is 0 Å². The molecule has 72 valence electrons. The molecule has 0 aliphatic carbocycles. The Morgan fingerprint density at radius 1 is 1.43 bits per heavy atom. The number of nitriles is 1. The zero-order valence-electron chi connectivity index (χ0n) is 7.48. The van der Waals surface area contributed by atoms with E-state index in [0.717, 1.165) is 5.56 Å². The van der Waals surface area contributed by atoms with Crippen molar-refractivity contribution in [1.82, 2.24) is 0 Å². The van der Waals surface area contributed by atoms with Gasteiger partial charge in [0, 0.05) is 0 Å². The van der Waals surface area contributed by atoms with E-state index < -0.39 is 0 Å². The molecule has 0 radical (unpaired) electrons. The molecule has 1 aromatic rings. The summed E-state index contributed by atoms with van der Waals surface area (Å²) < 4.78 is 12.5. The van der Waals surface area contributed by atoms with Gasteiger partial charge in [0.1, 0.15) is 12.4 Å². The molecule has 0 saturated heterocycles. The van der Waals surface area contributed by atoms with Gasteiger partial charge in [-0.05, 0) is 17.7 Å². The van der Waals surface area contributed by atoms with E-state index in [2.05, 4.69) is 5.16 Å². The van der Waals surface area contributed by atoms with Crippen LogP contribution >= 0.6 is 0 Å². The molecule has 0 heterocycles. The van der Waals surface area contributed by atoms with Crippen molar-refractivity contribution in [3.8, 4) is 6.07 Å². The average Bonchev–Trinajstić information content (AvgIpc) is 2.21. The van der Waals surface area contributed by atoms with Crippen LogP contribution in [-0.2, 0) is 11.4 Å². The quantitative estimate of drug-likeness (QED) is 0.542. The fourth-order valence-electron chi connectivity index (χ4n) is 0.823. The Bertz CT molecular complexity index is 340. The van der Waals surface area contributed by atoms with Crippen molar-refractivity contribution in [3.05, 3.63) is 35.6 Å². The summed E-state index contributed by atoms with van der Waals surface area (Å²) in [5, 5.41) is 11.7. The molecule has 1 rings (SSSR count). The Morgan fingerprint density at radius 2 is 2.14 bits per heavy atom. The lowest BCUT2D eigenvalue weighted by atomic mass is 10.2. The van der Waals surface area contributed by atoms with Crippen molar-refractivity contribution >= 4 is 6.21 Å². The summed E-state index contributed by atoms with van der Waals surface area (Å²) in [6.07, 6.45) is 1.60. The van der Waals surface area contributed by atoms with Crippen molar-refractivity contribution in [1.29, 1.82) is 5.26 Å². The van der Waals surface area contributed by atoms with Crippen LogP contribution in [0, 0.1) is 17.1 Å². The maximum Gasteiger partial charge on any atom is 0.142 e. The molecule has 0 aromatic heterocycles. The van der Waals surface area contributed by atoms with Gasteiger partial charge in [0.05, 0.1) is 18.7 Å². The van der Waals surface area contributed by atoms with Crippen LogP contribution < -0.4 is 0 Å². The lowest BCUT2D eigenvalue weighted by Crippen LogP contribution is -1.87. The normalized spacial score (nSPS) is 10.0. The summed E-state index contributed by atoms with van der Waals surface area (Å²) >= 11 is 0. The largest absolute Gasteiger partial charge is 0.391 e. The second-order valence-electron chi connectivity index (χ2n) is 2.55. The average molecular weight is 192 g/mol. The Hall–Kier alpha value is -1.89. The van der Waals surface area contributed by atoms with Crippen LogP contribution in [0.4, 0.5) is 4.39 Å². The van der Waals surface area contributed by atoms with Crippen LogP contribution in [0.15, 0.2) is 29.4 Å². The minimum Gasteiger partial charge on any atom is -0.391 e. The highest BCUT2D eigenvalue weighted by Crippen LogP contribution is 2.03. The highest BCUT2D eigenvalue weighted by molar-refractivity contribution is 5.59. The Morgan fingerprint density at radius 3 is 2.79 bits per heavy atom. The monoisotopic (exact) mass is 192 g/mol. The summed E-state index contributed by atoms with van der Waals surface area (Å²) in [6.45, 7) is 0.280. The van der Waals surface area contributed by atoms with E-state index in [9.17, 15) is 4.39 Å². The van der Waals surface area contributed by atoms with Crippen molar-refractivity contribution in [2.45, 2.75) is 13.0 Å². The van der Waals surface area contributed by atoms with E-state index >= 15 is 0 Å². The number of halogens is 1. The molecule has 1 aromatic carbocycles. The van der Waals surface area contributed by atoms with E-state index in [1.54, 1.807) is 12.1 Å². The maximum atomic E-state index is 12.5. The molecule has 0 aliphatic rings. The third kappa shape index (κ3) is 3.68.